The lowest BCUT2D eigenvalue weighted by Gasteiger charge is -2.09. The average molecular weight is 279 g/mol. The molecule has 0 aliphatic rings. The summed E-state index contributed by atoms with van der Waals surface area (Å²) < 4.78 is 15.9. The van der Waals surface area contributed by atoms with Crippen LogP contribution in [0.4, 0.5) is 0 Å². The van der Waals surface area contributed by atoms with Crippen LogP contribution in [0.15, 0.2) is 29.6 Å². The first-order valence-electron chi connectivity index (χ1n) is 6.02. The molecule has 0 N–H and O–H groups in total. The highest BCUT2D eigenvalue weighted by molar-refractivity contribution is 7.13. The number of methoxy groups -OCH3 is 2. The minimum atomic E-state index is -0.417. The fraction of sp³-hybridized carbons (Fsp3) is 0.357. The number of ether oxygens (including phenoxy) is 3. The van der Waals surface area contributed by atoms with Crippen molar-refractivity contribution in [3.63, 3.8) is 0 Å². The van der Waals surface area contributed by atoms with Gasteiger partial charge in [-0.05, 0) is 19.1 Å². The maximum absolute atomic E-state index is 5.49. The molecule has 0 aliphatic heterocycles. The van der Waals surface area contributed by atoms with Gasteiger partial charge < -0.3 is 14.2 Å². The molecule has 0 spiro atoms. The van der Waals surface area contributed by atoms with Gasteiger partial charge in [0.1, 0.15) is 16.5 Å². The molecule has 5 heteroatoms. The highest BCUT2D eigenvalue weighted by Crippen LogP contribution is 2.29. The van der Waals surface area contributed by atoms with Gasteiger partial charge in [0, 0.05) is 25.2 Å². The Hall–Kier alpha value is -1.43. The molecule has 0 fully saturated rings. The number of nitrogens with zero attached hydrogens (tertiary/aromatic N) is 1. The van der Waals surface area contributed by atoms with E-state index < -0.39 is 6.29 Å². The van der Waals surface area contributed by atoms with Gasteiger partial charge in [0.25, 0.3) is 0 Å². The van der Waals surface area contributed by atoms with E-state index in [-0.39, 0.29) is 0 Å². The standard InChI is InChI=1S/C14H17NO3S/c1-4-18-11-7-5-6-10(8-11)13-15-12(9-19-13)14(16-2)17-3/h5-9,14H,4H2,1-3H3. The van der Waals surface area contributed by atoms with Crippen molar-refractivity contribution >= 4 is 11.3 Å². The van der Waals surface area contributed by atoms with Crippen LogP contribution < -0.4 is 4.74 Å². The number of rotatable bonds is 6. The quantitative estimate of drug-likeness (QED) is 0.759. The SMILES string of the molecule is CCOc1cccc(-c2nc(C(OC)OC)cs2)c1. The Morgan fingerprint density at radius 1 is 1.26 bits per heavy atom. The van der Waals surface area contributed by atoms with E-state index in [1.54, 1.807) is 25.6 Å². The van der Waals surface area contributed by atoms with Crippen molar-refractivity contribution in [2.24, 2.45) is 0 Å². The van der Waals surface area contributed by atoms with Crippen molar-refractivity contribution in [3.8, 4) is 16.3 Å². The fourth-order valence-corrected chi connectivity index (χ4v) is 2.57. The predicted octanol–water partition coefficient (Wildman–Crippen LogP) is 3.50. The van der Waals surface area contributed by atoms with Crippen LogP contribution in [0.2, 0.25) is 0 Å². The molecule has 0 bridgehead atoms. The lowest BCUT2D eigenvalue weighted by Crippen LogP contribution is -2.03. The summed E-state index contributed by atoms with van der Waals surface area (Å²) in [5, 5.41) is 2.87. The Bertz CT molecular complexity index is 523. The highest BCUT2D eigenvalue weighted by Gasteiger charge is 2.14. The molecule has 0 amide bonds. The topological polar surface area (TPSA) is 40.6 Å². The normalized spacial score (nSPS) is 10.9. The molecule has 0 saturated carbocycles. The zero-order chi connectivity index (χ0) is 13.7. The van der Waals surface area contributed by atoms with Gasteiger partial charge in [-0.2, -0.15) is 0 Å². The van der Waals surface area contributed by atoms with E-state index in [0.29, 0.717) is 6.61 Å². The Morgan fingerprint density at radius 3 is 2.74 bits per heavy atom. The first-order chi connectivity index (χ1) is 9.28. The van der Waals surface area contributed by atoms with E-state index in [2.05, 4.69) is 4.98 Å². The maximum Gasteiger partial charge on any atom is 0.201 e. The van der Waals surface area contributed by atoms with E-state index in [0.717, 1.165) is 22.0 Å². The van der Waals surface area contributed by atoms with Crippen LogP contribution in [0.5, 0.6) is 5.75 Å². The molecule has 1 heterocycles. The molecule has 1 aromatic carbocycles. The van der Waals surface area contributed by atoms with Gasteiger partial charge in [-0.1, -0.05) is 12.1 Å². The average Bonchev–Trinajstić information content (AvgIpc) is 2.91. The van der Waals surface area contributed by atoms with Crippen molar-refractivity contribution in [2.75, 3.05) is 20.8 Å². The predicted molar refractivity (Wildman–Crippen MR) is 75.5 cm³/mol. The van der Waals surface area contributed by atoms with E-state index in [1.165, 1.54) is 0 Å². The number of aromatic nitrogens is 1. The third kappa shape index (κ3) is 3.32. The molecule has 102 valence electrons. The molecular weight excluding hydrogens is 262 g/mol. The third-order valence-electron chi connectivity index (χ3n) is 2.58. The van der Waals surface area contributed by atoms with Crippen molar-refractivity contribution in [3.05, 3.63) is 35.3 Å². The summed E-state index contributed by atoms with van der Waals surface area (Å²) in [6, 6.07) is 7.90. The largest absolute Gasteiger partial charge is 0.494 e. The molecule has 2 rings (SSSR count). The highest BCUT2D eigenvalue weighted by atomic mass is 32.1. The number of benzene rings is 1. The van der Waals surface area contributed by atoms with Gasteiger partial charge in [-0.3, -0.25) is 0 Å². The lowest BCUT2D eigenvalue weighted by atomic mass is 10.2. The van der Waals surface area contributed by atoms with Crippen LogP contribution in [0.3, 0.4) is 0 Å². The van der Waals surface area contributed by atoms with E-state index in [4.69, 9.17) is 14.2 Å². The van der Waals surface area contributed by atoms with Crippen LogP contribution in [-0.4, -0.2) is 25.8 Å². The van der Waals surface area contributed by atoms with Gasteiger partial charge in [0.2, 0.25) is 6.29 Å². The minimum Gasteiger partial charge on any atom is -0.494 e. The first-order valence-corrected chi connectivity index (χ1v) is 6.90. The summed E-state index contributed by atoms with van der Waals surface area (Å²) in [6.45, 7) is 2.62. The van der Waals surface area contributed by atoms with Crippen LogP contribution in [0.1, 0.15) is 18.9 Å². The molecule has 1 aromatic heterocycles. The summed E-state index contributed by atoms with van der Waals surface area (Å²) in [5.74, 6) is 0.854. The molecule has 2 aromatic rings. The molecule has 4 nitrogen and oxygen atoms in total. The van der Waals surface area contributed by atoms with Crippen LogP contribution in [0, 0.1) is 0 Å². The molecule has 0 aliphatic carbocycles. The smallest absolute Gasteiger partial charge is 0.201 e. The Morgan fingerprint density at radius 2 is 2.05 bits per heavy atom. The zero-order valence-electron chi connectivity index (χ0n) is 11.3. The van der Waals surface area contributed by atoms with Gasteiger partial charge in [0.15, 0.2) is 0 Å². The number of hydrogen-bond donors (Lipinski definition) is 0. The molecular formula is C14H17NO3S. The monoisotopic (exact) mass is 279 g/mol. The summed E-state index contributed by atoms with van der Waals surface area (Å²) in [5.41, 5.74) is 1.82. The Kier molecular flexibility index (Phi) is 4.90. The van der Waals surface area contributed by atoms with E-state index >= 15 is 0 Å². The summed E-state index contributed by atoms with van der Waals surface area (Å²) >= 11 is 1.56. The van der Waals surface area contributed by atoms with E-state index in [1.807, 2.05) is 36.6 Å². The maximum atomic E-state index is 5.49. The van der Waals surface area contributed by atoms with Gasteiger partial charge >= 0.3 is 0 Å². The third-order valence-corrected chi connectivity index (χ3v) is 3.49. The summed E-state index contributed by atoms with van der Waals surface area (Å²) in [7, 11) is 3.20. The van der Waals surface area contributed by atoms with Gasteiger partial charge in [-0.15, -0.1) is 11.3 Å². The molecule has 0 atom stereocenters. The molecule has 0 saturated heterocycles. The van der Waals surface area contributed by atoms with Crippen LogP contribution in [0.25, 0.3) is 10.6 Å². The first kappa shape index (κ1) is 14.0. The van der Waals surface area contributed by atoms with Crippen molar-refractivity contribution in [1.29, 1.82) is 0 Å². The number of hydrogen-bond acceptors (Lipinski definition) is 5. The van der Waals surface area contributed by atoms with Crippen LogP contribution in [-0.2, 0) is 9.47 Å². The lowest BCUT2D eigenvalue weighted by molar-refractivity contribution is -0.108. The zero-order valence-corrected chi connectivity index (χ0v) is 12.1. The molecule has 0 unspecified atom stereocenters. The van der Waals surface area contributed by atoms with Gasteiger partial charge in [0.05, 0.1) is 6.61 Å². The van der Waals surface area contributed by atoms with E-state index in [9.17, 15) is 0 Å². The summed E-state index contributed by atoms with van der Waals surface area (Å²) in [6.07, 6.45) is -0.417. The minimum absolute atomic E-state index is 0.417. The van der Waals surface area contributed by atoms with Gasteiger partial charge in [-0.25, -0.2) is 4.98 Å². The second-order valence-corrected chi connectivity index (χ2v) is 4.70. The second kappa shape index (κ2) is 6.65. The van der Waals surface area contributed by atoms with Crippen LogP contribution >= 0.6 is 11.3 Å². The van der Waals surface area contributed by atoms with Crippen molar-refractivity contribution in [2.45, 2.75) is 13.2 Å². The van der Waals surface area contributed by atoms with Crippen molar-refractivity contribution in [1.82, 2.24) is 4.98 Å². The van der Waals surface area contributed by atoms with Crippen molar-refractivity contribution < 1.29 is 14.2 Å². The molecule has 19 heavy (non-hydrogen) atoms. The second-order valence-electron chi connectivity index (χ2n) is 3.84. The fourth-order valence-electron chi connectivity index (χ4n) is 1.75. The molecule has 0 radical (unpaired) electrons. The number of thiazole rings is 1. The Balaban J connectivity index is 2.24. The Labute approximate surface area is 117 Å². The summed E-state index contributed by atoms with van der Waals surface area (Å²) in [4.78, 5) is 4.54.